The lowest BCUT2D eigenvalue weighted by Crippen LogP contribution is -2.41. The maximum absolute atomic E-state index is 12.4. The van der Waals surface area contributed by atoms with Gasteiger partial charge in [0, 0.05) is 52.2 Å². The Bertz CT molecular complexity index is 561. The molecule has 3 aliphatic heterocycles. The molecule has 3 aliphatic rings. The van der Waals surface area contributed by atoms with Crippen molar-refractivity contribution < 1.29 is 9.29 Å². The van der Waals surface area contributed by atoms with E-state index in [4.69, 9.17) is 9.72 Å². The summed E-state index contributed by atoms with van der Waals surface area (Å²) >= 11 is -0.964. The zero-order valence-electron chi connectivity index (χ0n) is 12.8. The second kappa shape index (κ2) is 5.86. The van der Waals surface area contributed by atoms with Crippen molar-refractivity contribution in [2.75, 3.05) is 48.9 Å². The Hall–Kier alpha value is -1.05. The van der Waals surface area contributed by atoms with Crippen LogP contribution < -0.4 is 9.80 Å². The molecule has 0 bridgehead atoms. The summed E-state index contributed by atoms with van der Waals surface area (Å²) < 4.78 is 17.9. The average Bonchev–Trinajstić information content (AvgIpc) is 2.86. The van der Waals surface area contributed by atoms with Gasteiger partial charge in [-0.2, -0.15) is 4.98 Å². The number of hydrogen-bond donors (Lipinski definition) is 0. The molecule has 1 radical (unpaired) electrons. The quantitative estimate of drug-likeness (QED) is 0.767. The lowest BCUT2D eigenvalue weighted by molar-refractivity contribution is 0.0852. The molecule has 2 fully saturated rings. The first-order valence-corrected chi connectivity index (χ1v) is 9.22. The van der Waals surface area contributed by atoms with Crippen LogP contribution in [0.1, 0.15) is 18.5 Å². The number of rotatable bonds is 3. The van der Waals surface area contributed by atoms with E-state index in [2.05, 4.69) is 28.3 Å². The molecule has 1 atom stereocenters. The molecule has 6 nitrogen and oxygen atoms in total. The number of nitrogens with zero attached hydrogens (tertiary/aromatic N) is 4. The van der Waals surface area contributed by atoms with E-state index in [1.165, 1.54) is 0 Å². The van der Waals surface area contributed by atoms with E-state index in [1.807, 2.05) is 0 Å². The monoisotopic (exact) mass is 321 g/mol. The van der Waals surface area contributed by atoms with Gasteiger partial charge in [-0.1, -0.05) is 0 Å². The molecule has 0 N–H and O–H groups in total. The Labute approximate surface area is 134 Å². The summed E-state index contributed by atoms with van der Waals surface area (Å²) in [5, 5.41) is 0. The SMILES string of the molecule is CN(c1nc(N2C[CH]C2)nc2c1[S+]([O-])CC2)C1CCOCC1. The summed E-state index contributed by atoms with van der Waals surface area (Å²) in [5.74, 6) is 2.33. The fraction of sp³-hybridized carbons (Fsp3) is 0.667. The van der Waals surface area contributed by atoms with Gasteiger partial charge in [0.2, 0.25) is 10.8 Å². The fourth-order valence-corrected chi connectivity index (χ4v) is 4.60. The molecule has 119 valence electrons. The minimum absolute atomic E-state index is 0.404. The maximum atomic E-state index is 12.4. The van der Waals surface area contributed by atoms with Crippen LogP contribution in [0.15, 0.2) is 4.90 Å². The fourth-order valence-electron chi connectivity index (χ4n) is 3.21. The van der Waals surface area contributed by atoms with Gasteiger partial charge in [-0.25, -0.2) is 4.98 Å². The second-order valence-corrected chi connectivity index (χ2v) is 7.58. The van der Waals surface area contributed by atoms with Crippen molar-refractivity contribution in [2.24, 2.45) is 0 Å². The summed E-state index contributed by atoms with van der Waals surface area (Å²) in [6.07, 6.45) is 4.99. The molecule has 4 heterocycles. The molecule has 1 unspecified atom stereocenters. The Balaban J connectivity index is 1.70. The van der Waals surface area contributed by atoms with Crippen LogP contribution in [0.2, 0.25) is 0 Å². The van der Waals surface area contributed by atoms with Crippen LogP contribution in [0.25, 0.3) is 0 Å². The molecular formula is C15H21N4O2S. The van der Waals surface area contributed by atoms with Gasteiger partial charge in [-0.15, -0.1) is 0 Å². The zero-order chi connectivity index (χ0) is 15.1. The number of aromatic nitrogens is 2. The van der Waals surface area contributed by atoms with Crippen LogP contribution in [0.4, 0.5) is 11.8 Å². The number of aryl methyl sites for hydroxylation is 1. The van der Waals surface area contributed by atoms with Crippen LogP contribution in [-0.2, 0) is 22.3 Å². The normalized spacial score (nSPS) is 25.0. The van der Waals surface area contributed by atoms with Crippen molar-refractivity contribution >= 4 is 22.9 Å². The Morgan fingerprint density at radius 3 is 2.77 bits per heavy atom. The van der Waals surface area contributed by atoms with E-state index < -0.39 is 11.2 Å². The molecule has 0 spiro atoms. The van der Waals surface area contributed by atoms with E-state index >= 15 is 0 Å². The summed E-state index contributed by atoms with van der Waals surface area (Å²) in [6, 6.07) is 0.404. The molecule has 1 aromatic heterocycles. The smallest absolute Gasteiger partial charge is 0.227 e. The third-order valence-corrected chi connectivity index (χ3v) is 6.16. The molecule has 0 aliphatic carbocycles. The Kier molecular flexibility index (Phi) is 3.88. The van der Waals surface area contributed by atoms with Crippen molar-refractivity contribution in [3.63, 3.8) is 0 Å². The zero-order valence-corrected chi connectivity index (χ0v) is 13.6. The summed E-state index contributed by atoms with van der Waals surface area (Å²) in [4.78, 5) is 14.7. The second-order valence-electron chi connectivity index (χ2n) is 6.07. The standard InChI is InChI=1S/C15H21N4O2S/c1-18(11-3-8-21-9-4-11)14-13-12(5-10-22(13)20)16-15(17-14)19-6-2-7-19/h2,11H,3-10H2,1H3. The van der Waals surface area contributed by atoms with E-state index in [9.17, 15) is 4.55 Å². The van der Waals surface area contributed by atoms with Crippen molar-refractivity contribution in [1.82, 2.24) is 9.97 Å². The van der Waals surface area contributed by atoms with Gasteiger partial charge < -0.3 is 19.1 Å². The maximum Gasteiger partial charge on any atom is 0.227 e. The van der Waals surface area contributed by atoms with Gasteiger partial charge >= 0.3 is 0 Å². The van der Waals surface area contributed by atoms with E-state index in [-0.39, 0.29) is 0 Å². The summed E-state index contributed by atoms with van der Waals surface area (Å²) in [7, 11) is 2.07. The molecule has 0 aromatic carbocycles. The first kappa shape index (κ1) is 14.5. The predicted octanol–water partition coefficient (Wildman–Crippen LogP) is 0.780. The molecular weight excluding hydrogens is 300 g/mol. The number of hydrogen-bond acceptors (Lipinski definition) is 6. The van der Waals surface area contributed by atoms with Gasteiger partial charge in [-0.05, 0) is 24.0 Å². The topological polar surface area (TPSA) is 64.6 Å². The largest absolute Gasteiger partial charge is 0.611 e. The molecule has 0 saturated carbocycles. The molecule has 1 aromatic rings. The third kappa shape index (κ3) is 2.45. The van der Waals surface area contributed by atoms with Gasteiger partial charge in [0.15, 0.2) is 5.82 Å². The van der Waals surface area contributed by atoms with Gasteiger partial charge in [0.05, 0.1) is 0 Å². The van der Waals surface area contributed by atoms with Gasteiger partial charge in [-0.3, -0.25) is 0 Å². The molecule has 22 heavy (non-hydrogen) atoms. The summed E-state index contributed by atoms with van der Waals surface area (Å²) in [5.41, 5.74) is 0.976. The van der Waals surface area contributed by atoms with Crippen LogP contribution in [-0.4, -0.2) is 59.7 Å². The van der Waals surface area contributed by atoms with Gasteiger partial charge in [0.1, 0.15) is 11.4 Å². The van der Waals surface area contributed by atoms with Crippen LogP contribution in [0.3, 0.4) is 0 Å². The highest BCUT2D eigenvalue weighted by Crippen LogP contribution is 2.36. The van der Waals surface area contributed by atoms with Crippen molar-refractivity contribution in [3.8, 4) is 0 Å². The highest BCUT2D eigenvalue weighted by Gasteiger charge is 2.36. The van der Waals surface area contributed by atoms with E-state index in [0.717, 1.165) is 67.9 Å². The first-order chi connectivity index (χ1) is 10.7. The summed E-state index contributed by atoms with van der Waals surface area (Å²) in [6.45, 7) is 3.39. The van der Waals surface area contributed by atoms with Crippen LogP contribution >= 0.6 is 0 Å². The number of anilines is 2. The molecule has 2 saturated heterocycles. The molecule has 0 amide bonds. The first-order valence-electron chi connectivity index (χ1n) is 7.90. The predicted molar refractivity (Wildman–Crippen MR) is 85.8 cm³/mol. The van der Waals surface area contributed by atoms with E-state index in [0.29, 0.717) is 11.8 Å². The van der Waals surface area contributed by atoms with E-state index in [1.54, 1.807) is 0 Å². The number of ether oxygens (including phenoxy) is 1. The lowest BCUT2D eigenvalue weighted by Gasteiger charge is -2.34. The van der Waals surface area contributed by atoms with Crippen LogP contribution in [0.5, 0.6) is 0 Å². The minimum Gasteiger partial charge on any atom is -0.611 e. The Morgan fingerprint density at radius 1 is 1.32 bits per heavy atom. The average molecular weight is 321 g/mol. The highest BCUT2D eigenvalue weighted by molar-refractivity contribution is 7.91. The van der Waals surface area contributed by atoms with Crippen LogP contribution in [0, 0.1) is 6.42 Å². The third-order valence-electron chi connectivity index (χ3n) is 4.71. The molecule has 7 heteroatoms. The molecule has 4 rings (SSSR count). The number of fused-ring (bicyclic) bond motifs is 1. The highest BCUT2D eigenvalue weighted by atomic mass is 32.2. The van der Waals surface area contributed by atoms with Crippen molar-refractivity contribution in [1.29, 1.82) is 0 Å². The lowest BCUT2D eigenvalue weighted by atomic mass is 10.1. The van der Waals surface area contributed by atoms with Crippen molar-refractivity contribution in [2.45, 2.75) is 30.2 Å². The minimum atomic E-state index is -0.964. The van der Waals surface area contributed by atoms with Gasteiger partial charge in [0.25, 0.3) is 0 Å². The Morgan fingerprint density at radius 2 is 2.09 bits per heavy atom. The van der Waals surface area contributed by atoms with Crippen molar-refractivity contribution in [3.05, 3.63) is 12.1 Å².